The van der Waals surface area contributed by atoms with E-state index >= 15 is 0 Å². The van der Waals surface area contributed by atoms with Crippen molar-refractivity contribution in [3.05, 3.63) is 88.2 Å². The number of nitrogens with zero attached hydrogens (tertiary/aromatic N) is 1. The summed E-state index contributed by atoms with van der Waals surface area (Å²) in [6.07, 6.45) is 1.99. The van der Waals surface area contributed by atoms with E-state index in [1.165, 1.54) is 38.4 Å². The predicted molar refractivity (Wildman–Crippen MR) is 125 cm³/mol. The Labute approximate surface area is 190 Å². The van der Waals surface area contributed by atoms with Gasteiger partial charge in [0.2, 0.25) is 0 Å². The maximum Gasteiger partial charge on any atom is 0.264 e. The van der Waals surface area contributed by atoms with Crippen LogP contribution >= 0.6 is 11.3 Å². The van der Waals surface area contributed by atoms with Crippen molar-refractivity contribution in [3.63, 3.8) is 0 Å². The molecule has 0 aliphatic rings. The molecule has 1 atom stereocenters. The van der Waals surface area contributed by atoms with E-state index in [4.69, 9.17) is 4.84 Å². The second-order valence-electron chi connectivity index (χ2n) is 7.19. The summed E-state index contributed by atoms with van der Waals surface area (Å²) in [5.74, 6) is -0.277. The number of H-pyrrole nitrogens is 1. The summed E-state index contributed by atoms with van der Waals surface area (Å²) in [4.78, 5) is 22.1. The van der Waals surface area contributed by atoms with Crippen LogP contribution in [0.25, 0.3) is 10.9 Å². The van der Waals surface area contributed by atoms with Gasteiger partial charge in [-0.05, 0) is 47.3 Å². The van der Waals surface area contributed by atoms with Gasteiger partial charge in [-0.3, -0.25) is 9.63 Å². The van der Waals surface area contributed by atoms with Crippen molar-refractivity contribution in [2.24, 2.45) is 0 Å². The molecule has 166 valence electrons. The number of rotatable bonds is 8. The quantitative estimate of drug-likeness (QED) is 0.382. The fraction of sp³-hybridized carbons (Fsp3) is 0.174. The monoisotopic (exact) mass is 469 g/mol. The van der Waals surface area contributed by atoms with E-state index in [1.54, 1.807) is 11.3 Å². The van der Waals surface area contributed by atoms with E-state index < -0.39 is 10.0 Å². The molecule has 0 aliphatic carbocycles. The normalized spacial score (nSPS) is 12.8. The number of aromatic nitrogens is 1. The van der Waals surface area contributed by atoms with E-state index in [0.29, 0.717) is 12.1 Å². The minimum absolute atomic E-state index is 0.00916. The maximum atomic E-state index is 12.8. The molecule has 0 radical (unpaired) electrons. The summed E-state index contributed by atoms with van der Waals surface area (Å²) in [6.45, 7) is 0.410. The van der Waals surface area contributed by atoms with E-state index in [1.807, 2.05) is 35.8 Å². The SMILES string of the molecule is CON(C)S(=O)(=O)c1ccc(C(=O)NCC(c2cccs2)c2c[nH]c3ccccc23)cc1. The van der Waals surface area contributed by atoms with Crippen LogP contribution in [0.15, 0.2) is 77.1 Å². The highest BCUT2D eigenvalue weighted by Gasteiger charge is 2.22. The summed E-state index contributed by atoms with van der Waals surface area (Å²) in [5, 5.41) is 6.15. The third kappa shape index (κ3) is 4.33. The van der Waals surface area contributed by atoms with E-state index in [0.717, 1.165) is 25.8 Å². The van der Waals surface area contributed by atoms with Crippen molar-refractivity contribution in [3.8, 4) is 0 Å². The zero-order valence-electron chi connectivity index (χ0n) is 17.6. The van der Waals surface area contributed by atoms with Gasteiger partial charge in [0.15, 0.2) is 0 Å². The molecule has 9 heteroatoms. The second-order valence-corrected chi connectivity index (χ2v) is 10.1. The standard InChI is InChI=1S/C23H23N3O4S2/c1-26(30-2)32(28,29)17-11-9-16(10-12-17)23(27)25-15-20(22-8-5-13-31-22)19-14-24-21-7-4-3-6-18(19)21/h3-14,20,24H,15H2,1-2H3,(H,25,27). The molecule has 4 aromatic rings. The summed E-state index contributed by atoms with van der Waals surface area (Å²) in [5.41, 5.74) is 2.55. The predicted octanol–water partition coefficient (Wildman–Crippen LogP) is 3.97. The smallest absolute Gasteiger partial charge is 0.264 e. The second kappa shape index (κ2) is 9.25. The van der Waals surface area contributed by atoms with Gasteiger partial charge in [-0.1, -0.05) is 28.7 Å². The molecule has 0 saturated heterocycles. The molecule has 2 heterocycles. The van der Waals surface area contributed by atoms with Crippen molar-refractivity contribution < 1.29 is 18.0 Å². The van der Waals surface area contributed by atoms with Crippen molar-refractivity contribution in [2.75, 3.05) is 20.7 Å². The molecule has 0 spiro atoms. The van der Waals surface area contributed by atoms with Crippen LogP contribution in [0, 0.1) is 0 Å². The third-order valence-corrected chi connectivity index (χ3v) is 8.04. The Morgan fingerprint density at radius 3 is 2.56 bits per heavy atom. The van der Waals surface area contributed by atoms with Gasteiger partial charge in [-0.2, -0.15) is 0 Å². The van der Waals surface area contributed by atoms with E-state index in [9.17, 15) is 13.2 Å². The maximum absolute atomic E-state index is 12.8. The first-order chi connectivity index (χ1) is 15.4. The molecule has 2 N–H and O–H groups in total. The summed E-state index contributed by atoms with van der Waals surface area (Å²) in [6, 6.07) is 17.9. The molecule has 7 nitrogen and oxygen atoms in total. The van der Waals surface area contributed by atoms with Crippen molar-refractivity contribution >= 4 is 38.2 Å². The van der Waals surface area contributed by atoms with Gasteiger partial charge in [0.25, 0.3) is 15.9 Å². The highest BCUT2D eigenvalue weighted by atomic mass is 32.2. The molecule has 1 amide bonds. The fourth-order valence-electron chi connectivity index (χ4n) is 3.56. The lowest BCUT2D eigenvalue weighted by Crippen LogP contribution is -2.29. The Morgan fingerprint density at radius 1 is 1.12 bits per heavy atom. The minimum atomic E-state index is -3.76. The number of aromatic amines is 1. The van der Waals surface area contributed by atoms with Crippen LogP contribution in [0.3, 0.4) is 0 Å². The Bertz CT molecular complexity index is 1310. The number of hydrogen-bond donors (Lipinski definition) is 2. The third-order valence-electron chi connectivity index (χ3n) is 5.36. The summed E-state index contributed by atoms with van der Waals surface area (Å²) >= 11 is 1.65. The van der Waals surface area contributed by atoms with Gasteiger partial charge in [0.05, 0.1) is 12.0 Å². The Kier molecular flexibility index (Phi) is 6.43. The molecule has 0 aliphatic heterocycles. The van der Waals surface area contributed by atoms with Crippen molar-refractivity contribution in [1.82, 2.24) is 14.8 Å². The molecular weight excluding hydrogens is 446 g/mol. The molecule has 2 aromatic carbocycles. The number of carbonyl (C=O) groups excluding carboxylic acids is 1. The summed E-state index contributed by atoms with van der Waals surface area (Å²) < 4.78 is 25.4. The number of carbonyl (C=O) groups is 1. The zero-order valence-corrected chi connectivity index (χ0v) is 19.2. The van der Waals surface area contributed by atoms with Gasteiger partial charge in [-0.25, -0.2) is 8.42 Å². The van der Waals surface area contributed by atoms with Crippen molar-refractivity contribution in [1.29, 1.82) is 0 Å². The van der Waals surface area contributed by atoms with Crippen LogP contribution < -0.4 is 5.32 Å². The Morgan fingerprint density at radius 2 is 1.88 bits per heavy atom. The van der Waals surface area contributed by atoms with E-state index in [2.05, 4.69) is 22.4 Å². The lowest BCUT2D eigenvalue weighted by molar-refractivity contribution is -0.0258. The lowest BCUT2D eigenvalue weighted by atomic mass is 9.96. The highest BCUT2D eigenvalue weighted by molar-refractivity contribution is 7.89. The first-order valence-electron chi connectivity index (χ1n) is 9.92. The van der Waals surface area contributed by atoms with Crippen LogP contribution in [0.4, 0.5) is 0 Å². The number of para-hydroxylation sites is 1. The molecular formula is C23H23N3O4S2. The molecule has 32 heavy (non-hydrogen) atoms. The van der Waals surface area contributed by atoms with Crippen LogP contribution in [0.1, 0.15) is 26.7 Å². The minimum Gasteiger partial charge on any atom is -0.361 e. The number of hydrogen-bond acceptors (Lipinski definition) is 5. The first-order valence-corrected chi connectivity index (χ1v) is 12.2. The summed E-state index contributed by atoms with van der Waals surface area (Å²) in [7, 11) is -1.17. The zero-order chi connectivity index (χ0) is 22.7. The largest absolute Gasteiger partial charge is 0.361 e. The van der Waals surface area contributed by atoms with Gasteiger partial charge in [0.1, 0.15) is 0 Å². The topological polar surface area (TPSA) is 91.5 Å². The Hall–Kier alpha value is -2.98. The van der Waals surface area contributed by atoms with Gasteiger partial charge < -0.3 is 10.3 Å². The molecule has 0 saturated carbocycles. The number of nitrogens with one attached hydrogen (secondary N) is 2. The highest BCUT2D eigenvalue weighted by Crippen LogP contribution is 2.32. The van der Waals surface area contributed by atoms with Crippen LogP contribution in [-0.4, -0.2) is 44.5 Å². The number of fused-ring (bicyclic) bond motifs is 1. The Balaban J connectivity index is 1.53. The molecule has 0 bridgehead atoms. The average Bonchev–Trinajstić information content (AvgIpc) is 3.49. The van der Waals surface area contributed by atoms with Crippen LogP contribution in [0.5, 0.6) is 0 Å². The fourth-order valence-corrected chi connectivity index (χ4v) is 5.38. The van der Waals surface area contributed by atoms with Gasteiger partial charge in [-0.15, -0.1) is 11.3 Å². The van der Waals surface area contributed by atoms with Crippen LogP contribution in [0.2, 0.25) is 0 Å². The number of benzene rings is 2. The van der Waals surface area contributed by atoms with Gasteiger partial charge >= 0.3 is 0 Å². The first kappa shape index (κ1) is 22.2. The molecule has 4 rings (SSSR count). The molecule has 1 unspecified atom stereocenters. The van der Waals surface area contributed by atoms with E-state index in [-0.39, 0.29) is 16.7 Å². The molecule has 2 aromatic heterocycles. The van der Waals surface area contributed by atoms with Crippen LogP contribution in [-0.2, 0) is 14.9 Å². The number of amides is 1. The number of thiophene rings is 1. The lowest BCUT2D eigenvalue weighted by Gasteiger charge is -2.17. The van der Waals surface area contributed by atoms with Crippen molar-refractivity contribution in [2.45, 2.75) is 10.8 Å². The number of hydroxylamine groups is 1. The molecule has 0 fully saturated rings. The van der Waals surface area contributed by atoms with Gasteiger partial charge in [0, 0.05) is 47.1 Å². The number of sulfonamides is 1. The average molecular weight is 470 g/mol.